The van der Waals surface area contributed by atoms with E-state index in [-0.39, 0.29) is 11.4 Å². The van der Waals surface area contributed by atoms with Crippen LogP contribution in [0.25, 0.3) is 0 Å². The minimum atomic E-state index is -1.03. The summed E-state index contributed by atoms with van der Waals surface area (Å²) in [5, 5.41) is 4.89. The lowest BCUT2D eigenvalue weighted by Crippen LogP contribution is -2.16. The van der Waals surface area contributed by atoms with Crippen molar-refractivity contribution in [3.8, 4) is 0 Å². The summed E-state index contributed by atoms with van der Waals surface area (Å²) in [6.07, 6.45) is 1.29. The number of amides is 1. The quantitative estimate of drug-likeness (QED) is 0.666. The first kappa shape index (κ1) is 17.4. The van der Waals surface area contributed by atoms with Crippen molar-refractivity contribution in [2.24, 2.45) is 0 Å². The Morgan fingerprint density at radius 3 is 2.19 bits per heavy atom. The molecule has 1 aromatic heterocycles. The molecule has 0 saturated carbocycles. The smallest absolute Gasteiger partial charge is 0.274 e. The third-order valence-corrected chi connectivity index (χ3v) is 3.40. The van der Waals surface area contributed by atoms with Crippen molar-refractivity contribution in [1.82, 2.24) is 4.98 Å². The number of benzene rings is 2. The number of rotatable bonds is 4. The first-order chi connectivity index (χ1) is 12.4. The molecule has 4 nitrogen and oxygen atoms in total. The highest BCUT2D eigenvalue weighted by Crippen LogP contribution is 2.21. The molecule has 2 aromatic carbocycles. The van der Waals surface area contributed by atoms with Crippen LogP contribution in [-0.4, -0.2) is 10.9 Å². The number of halogens is 4. The molecule has 1 amide bonds. The van der Waals surface area contributed by atoms with Crippen LogP contribution in [0.4, 0.5) is 34.6 Å². The summed E-state index contributed by atoms with van der Waals surface area (Å²) in [5.74, 6) is -4.69. The molecule has 0 aliphatic rings. The number of pyridine rings is 1. The Morgan fingerprint density at radius 1 is 0.808 bits per heavy atom. The predicted octanol–water partition coefficient (Wildman–Crippen LogP) is 4.63. The van der Waals surface area contributed by atoms with Gasteiger partial charge in [-0.2, -0.15) is 0 Å². The van der Waals surface area contributed by atoms with Crippen molar-refractivity contribution in [2.45, 2.75) is 0 Å². The molecule has 0 bridgehead atoms. The number of nitrogens with zero attached hydrogens (tertiary/aromatic N) is 1. The number of hydrogen-bond acceptors (Lipinski definition) is 3. The zero-order chi connectivity index (χ0) is 18.7. The average Bonchev–Trinajstić information content (AvgIpc) is 2.61. The highest BCUT2D eigenvalue weighted by atomic mass is 19.2. The van der Waals surface area contributed by atoms with Gasteiger partial charge in [-0.15, -0.1) is 0 Å². The van der Waals surface area contributed by atoms with Crippen molar-refractivity contribution in [1.29, 1.82) is 0 Å². The van der Waals surface area contributed by atoms with Gasteiger partial charge in [0.2, 0.25) is 0 Å². The van der Waals surface area contributed by atoms with Gasteiger partial charge in [-0.1, -0.05) is 6.07 Å². The summed E-state index contributed by atoms with van der Waals surface area (Å²) in [5.41, 5.74) is -0.106. The largest absolute Gasteiger partial charge is 0.355 e. The van der Waals surface area contributed by atoms with Crippen LogP contribution in [0, 0.1) is 23.3 Å². The summed E-state index contributed by atoms with van der Waals surface area (Å²) >= 11 is 0. The van der Waals surface area contributed by atoms with Crippen LogP contribution < -0.4 is 10.6 Å². The number of nitrogens with one attached hydrogen (secondary N) is 2. The molecular weight excluding hydrogens is 350 g/mol. The summed E-state index contributed by atoms with van der Waals surface area (Å²) in [6, 6.07) is 9.19. The van der Waals surface area contributed by atoms with Crippen LogP contribution in [-0.2, 0) is 0 Å². The maximum absolute atomic E-state index is 13.6. The van der Waals surface area contributed by atoms with Crippen LogP contribution in [0.2, 0.25) is 0 Å². The van der Waals surface area contributed by atoms with E-state index in [1.165, 1.54) is 30.5 Å². The predicted molar refractivity (Wildman–Crippen MR) is 88.2 cm³/mol. The van der Waals surface area contributed by atoms with Gasteiger partial charge in [0.1, 0.15) is 23.0 Å². The maximum Gasteiger partial charge on any atom is 0.274 e. The van der Waals surface area contributed by atoms with E-state index in [1.54, 1.807) is 0 Å². The van der Waals surface area contributed by atoms with Crippen molar-refractivity contribution in [3.63, 3.8) is 0 Å². The van der Waals surface area contributed by atoms with Crippen molar-refractivity contribution < 1.29 is 22.4 Å². The molecule has 8 heteroatoms. The van der Waals surface area contributed by atoms with E-state index in [0.717, 1.165) is 24.3 Å². The summed E-state index contributed by atoms with van der Waals surface area (Å²) in [6.45, 7) is 0. The molecule has 3 rings (SSSR count). The topological polar surface area (TPSA) is 54.0 Å². The first-order valence-corrected chi connectivity index (χ1v) is 7.37. The number of carbonyl (C=O) groups excluding carboxylic acids is 1. The van der Waals surface area contributed by atoms with Gasteiger partial charge in [0.25, 0.3) is 5.91 Å². The van der Waals surface area contributed by atoms with E-state index in [9.17, 15) is 22.4 Å². The van der Waals surface area contributed by atoms with E-state index in [2.05, 4.69) is 15.6 Å². The monoisotopic (exact) mass is 361 g/mol. The number of hydrogen-bond donors (Lipinski definition) is 2. The summed E-state index contributed by atoms with van der Waals surface area (Å²) in [7, 11) is 0. The Labute approximate surface area is 145 Å². The van der Waals surface area contributed by atoms with Crippen molar-refractivity contribution in [2.75, 3.05) is 10.6 Å². The lowest BCUT2D eigenvalue weighted by molar-refractivity contribution is 0.102. The SMILES string of the molecule is O=C(Nc1c(F)cccc1F)c1cc(Nc2ccc(F)c(F)c2)ccn1. The number of aromatic nitrogens is 1. The molecule has 3 aromatic rings. The van der Waals surface area contributed by atoms with Crippen molar-refractivity contribution in [3.05, 3.63) is 83.7 Å². The van der Waals surface area contributed by atoms with Crippen LogP contribution in [0.5, 0.6) is 0 Å². The van der Waals surface area contributed by atoms with Gasteiger partial charge in [0.05, 0.1) is 0 Å². The molecule has 0 saturated heterocycles. The Morgan fingerprint density at radius 2 is 1.50 bits per heavy atom. The summed E-state index contributed by atoms with van der Waals surface area (Å²) < 4.78 is 53.4. The fraction of sp³-hybridized carbons (Fsp3) is 0. The molecule has 26 heavy (non-hydrogen) atoms. The zero-order valence-corrected chi connectivity index (χ0v) is 13.1. The van der Waals surface area contributed by atoms with Crippen LogP contribution >= 0.6 is 0 Å². The van der Waals surface area contributed by atoms with Crippen LogP contribution in [0.15, 0.2) is 54.7 Å². The molecule has 0 fully saturated rings. The van der Waals surface area contributed by atoms with Gasteiger partial charge in [0, 0.05) is 23.6 Å². The second kappa shape index (κ2) is 7.22. The van der Waals surface area contributed by atoms with E-state index in [0.29, 0.717) is 5.69 Å². The lowest BCUT2D eigenvalue weighted by atomic mass is 10.2. The average molecular weight is 361 g/mol. The van der Waals surface area contributed by atoms with Crippen LogP contribution in [0.1, 0.15) is 10.5 Å². The number of para-hydroxylation sites is 1. The molecular formula is C18H11F4N3O. The van der Waals surface area contributed by atoms with Gasteiger partial charge in [-0.3, -0.25) is 9.78 Å². The highest BCUT2D eigenvalue weighted by molar-refractivity contribution is 6.03. The molecule has 0 atom stereocenters. The normalized spacial score (nSPS) is 10.5. The molecule has 1 heterocycles. The first-order valence-electron chi connectivity index (χ1n) is 7.37. The fourth-order valence-electron chi connectivity index (χ4n) is 2.17. The third kappa shape index (κ3) is 3.80. The Bertz CT molecular complexity index is 958. The minimum Gasteiger partial charge on any atom is -0.355 e. The Balaban J connectivity index is 1.80. The maximum atomic E-state index is 13.6. The minimum absolute atomic E-state index is 0.125. The van der Waals surface area contributed by atoms with E-state index < -0.39 is 34.9 Å². The molecule has 0 spiro atoms. The second-order valence-electron chi connectivity index (χ2n) is 5.23. The van der Waals surface area contributed by atoms with Gasteiger partial charge >= 0.3 is 0 Å². The zero-order valence-electron chi connectivity index (χ0n) is 13.1. The molecule has 0 aliphatic heterocycles. The highest BCUT2D eigenvalue weighted by Gasteiger charge is 2.15. The lowest BCUT2D eigenvalue weighted by Gasteiger charge is -2.10. The molecule has 0 aliphatic carbocycles. The summed E-state index contributed by atoms with van der Waals surface area (Å²) in [4.78, 5) is 16.0. The number of carbonyl (C=O) groups is 1. The van der Waals surface area contributed by atoms with E-state index in [4.69, 9.17) is 0 Å². The fourth-order valence-corrected chi connectivity index (χ4v) is 2.17. The standard InChI is InChI=1S/C18H11F4N3O/c19-12-5-4-10(8-15(12)22)24-11-6-7-23-16(9-11)18(26)25-17-13(20)2-1-3-14(17)21/h1-9H,(H,23,24)(H,25,26). The van der Waals surface area contributed by atoms with Gasteiger partial charge in [-0.05, 0) is 36.4 Å². The van der Waals surface area contributed by atoms with E-state index >= 15 is 0 Å². The Hall–Kier alpha value is -3.42. The third-order valence-electron chi connectivity index (χ3n) is 3.40. The molecule has 0 unspecified atom stereocenters. The van der Waals surface area contributed by atoms with Gasteiger partial charge < -0.3 is 10.6 Å². The van der Waals surface area contributed by atoms with Crippen molar-refractivity contribution >= 4 is 23.0 Å². The Kier molecular flexibility index (Phi) is 4.83. The van der Waals surface area contributed by atoms with Gasteiger partial charge in [0.15, 0.2) is 11.6 Å². The molecule has 132 valence electrons. The molecule has 0 radical (unpaired) electrons. The van der Waals surface area contributed by atoms with Gasteiger partial charge in [-0.25, -0.2) is 17.6 Å². The molecule has 2 N–H and O–H groups in total. The van der Waals surface area contributed by atoms with E-state index in [1.807, 2.05) is 0 Å². The second-order valence-corrected chi connectivity index (χ2v) is 5.23. The number of anilines is 3. The van der Waals surface area contributed by atoms with Crippen LogP contribution in [0.3, 0.4) is 0 Å².